The molecular formula is C46H48F6N2O3. The molecule has 0 fully saturated rings. The largest absolute Gasteiger partial charge is 0.493 e. The van der Waals surface area contributed by atoms with Crippen LogP contribution in [-0.4, -0.2) is 50.3 Å². The minimum absolute atomic E-state index is 0.370. The molecule has 1 aliphatic heterocycles. The van der Waals surface area contributed by atoms with Gasteiger partial charge in [0, 0.05) is 47.6 Å². The molecule has 1 aliphatic rings. The van der Waals surface area contributed by atoms with Gasteiger partial charge in [-0.05, 0) is 76.9 Å². The smallest absolute Gasteiger partial charge is 0.417 e. The van der Waals surface area contributed by atoms with Crippen LogP contribution in [0.3, 0.4) is 0 Å². The van der Waals surface area contributed by atoms with Crippen molar-refractivity contribution in [3.05, 3.63) is 143 Å². The Balaban J connectivity index is 0.000000196. The summed E-state index contributed by atoms with van der Waals surface area (Å²) in [6.45, 7) is 9.39. The molecule has 4 aromatic carbocycles. The molecule has 2 unspecified atom stereocenters. The molecule has 3 N–H and O–H groups in total. The van der Waals surface area contributed by atoms with Crippen LogP contribution in [0.5, 0.6) is 5.75 Å². The van der Waals surface area contributed by atoms with Gasteiger partial charge in [-0.2, -0.15) is 26.3 Å². The zero-order valence-electron chi connectivity index (χ0n) is 32.7. The molecule has 2 atom stereocenters. The molecule has 7 rings (SSSR count). The molecule has 0 amide bonds. The first-order valence-corrected chi connectivity index (χ1v) is 18.9. The highest BCUT2D eigenvalue weighted by atomic mass is 19.4. The van der Waals surface area contributed by atoms with Crippen LogP contribution in [0.2, 0.25) is 0 Å². The maximum Gasteiger partial charge on any atom is 0.417 e. The lowest BCUT2D eigenvalue weighted by Crippen LogP contribution is -2.50. The molecule has 6 aromatic rings. The summed E-state index contributed by atoms with van der Waals surface area (Å²) in [5.41, 5.74) is -1.91. The first-order chi connectivity index (χ1) is 26.6. The number of ether oxygens (including phenoxy) is 1. The number of alkyl halides is 6. The average Bonchev–Trinajstić information content (AvgIpc) is 3.77. The van der Waals surface area contributed by atoms with Crippen LogP contribution in [0, 0.1) is 6.92 Å². The van der Waals surface area contributed by atoms with Gasteiger partial charge in [0.1, 0.15) is 5.75 Å². The van der Waals surface area contributed by atoms with Gasteiger partial charge in [-0.15, -0.1) is 0 Å². The lowest BCUT2D eigenvalue weighted by molar-refractivity contribution is -0.266. The predicted octanol–water partition coefficient (Wildman–Crippen LogP) is 11.1. The van der Waals surface area contributed by atoms with Gasteiger partial charge in [-0.25, -0.2) is 0 Å². The quantitative estimate of drug-likeness (QED) is 0.121. The Morgan fingerprint density at radius 2 is 1.32 bits per heavy atom. The van der Waals surface area contributed by atoms with Gasteiger partial charge in [-0.1, -0.05) is 112 Å². The van der Waals surface area contributed by atoms with Gasteiger partial charge in [0.05, 0.1) is 12.1 Å². The Kier molecular flexibility index (Phi) is 11.3. The van der Waals surface area contributed by atoms with E-state index in [1.54, 1.807) is 94.4 Å². The number of hydrogen-bond acceptors (Lipinski definition) is 4. The summed E-state index contributed by atoms with van der Waals surface area (Å²) in [6.07, 6.45) is -9.28. The van der Waals surface area contributed by atoms with E-state index in [4.69, 9.17) is 4.74 Å². The van der Waals surface area contributed by atoms with Gasteiger partial charge < -0.3 is 19.9 Å². The molecule has 0 bridgehead atoms. The van der Waals surface area contributed by atoms with E-state index in [9.17, 15) is 36.6 Å². The van der Waals surface area contributed by atoms with E-state index in [0.717, 1.165) is 34.0 Å². The molecule has 302 valence electrons. The van der Waals surface area contributed by atoms with E-state index in [1.165, 1.54) is 6.20 Å². The Labute approximate surface area is 328 Å². The third-order valence-corrected chi connectivity index (χ3v) is 11.0. The number of para-hydroxylation sites is 2. The minimum atomic E-state index is -4.80. The van der Waals surface area contributed by atoms with E-state index >= 15 is 0 Å². The summed E-state index contributed by atoms with van der Waals surface area (Å²) < 4.78 is 90.1. The Morgan fingerprint density at radius 1 is 0.702 bits per heavy atom. The van der Waals surface area contributed by atoms with Crippen LogP contribution in [0.15, 0.2) is 109 Å². The number of aryl methyl sites for hydroxylation is 1. The van der Waals surface area contributed by atoms with E-state index in [2.05, 4.69) is 9.97 Å². The normalized spacial score (nSPS) is 15.7. The standard InChI is InChI=1S/C25H26F3NO2.C21H22F3NO/c1-16-12-17-9-11-31-22(17)20(13-16)23(2,3)15-24(30,25(26,27)28)14-18-8-10-29-21-7-5-4-6-19(18)21;1-19(2,16-9-4-3-5-10-16)14-20(26,21(22,23)24)13-17-12-15-8-6-7-11-18(15)25-17/h4-8,10,12-13,30H,9,11,14-15H2,1-3H3;3-12,25-26H,13-14H2,1-2H3. The molecule has 57 heavy (non-hydrogen) atoms. The second kappa shape index (κ2) is 15.5. The predicted molar refractivity (Wildman–Crippen MR) is 212 cm³/mol. The number of H-pyrrole nitrogens is 1. The summed E-state index contributed by atoms with van der Waals surface area (Å²) >= 11 is 0. The molecule has 0 aliphatic carbocycles. The zero-order chi connectivity index (χ0) is 41.4. The third kappa shape index (κ3) is 9.00. The fraction of sp³-hybridized carbons (Fsp3) is 0.370. The van der Waals surface area contributed by atoms with Crippen LogP contribution < -0.4 is 4.74 Å². The molecule has 2 aromatic heterocycles. The fourth-order valence-electron chi connectivity index (χ4n) is 8.21. The molecule has 3 heterocycles. The minimum Gasteiger partial charge on any atom is -0.493 e. The molecule has 0 spiro atoms. The lowest BCUT2D eigenvalue weighted by atomic mass is 9.72. The number of nitrogens with zero attached hydrogens (tertiary/aromatic N) is 1. The number of benzene rings is 4. The number of nitrogens with one attached hydrogen (secondary N) is 1. The first kappa shape index (κ1) is 41.8. The van der Waals surface area contributed by atoms with Crippen LogP contribution in [0.4, 0.5) is 26.3 Å². The van der Waals surface area contributed by atoms with Crippen LogP contribution >= 0.6 is 0 Å². The summed E-state index contributed by atoms with van der Waals surface area (Å²) in [4.78, 5) is 7.21. The second-order valence-electron chi connectivity index (χ2n) is 16.7. The highest BCUT2D eigenvalue weighted by Crippen LogP contribution is 2.48. The van der Waals surface area contributed by atoms with Crippen molar-refractivity contribution in [3.8, 4) is 5.75 Å². The van der Waals surface area contributed by atoms with Gasteiger partial charge in [0.15, 0.2) is 11.2 Å². The van der Waals surface area contributed by atoms with Crippen molar-refractivity contribution in [1.82, 2.24) is 9.97 Å². The second-order valence-corrected chi connectivity index (χ2v) is 16.7. The van der Waals surface area contributed by atoms with Gasteiger partial charge >= 0.3 is 12.4 Å². The van der Waals surface area contributed by atoms with Crippen LogP contribution in [-0.2, 0) is 30.1 Å². The van der Waals surface area contributed by atoms with Gasteiger partial charge in [0.2, 0.25) is 0 Å². The SMILES string of the molecule is CC(C)(CC(O)(Cc1cc2ccccc2[nH]1)C(F)(F)F)c1ccccc1.Cc1cc2c(c(C(C)(C)CC(O)(Cc3ccnc4ccccc34)C(F)(F)F)c1)OCC2. The van der Waals surface area contributed by atoms with Crippen molar-refractivity contribution in [1.29, 1.82) is 0 Å². The summed E-state index contributed by atoms with van der Waals surface area (Å²) in [7, 11) is 0. The van der Waals surface area contributed by atoms with Gasteiger partial charge in [0.25, 0.3) is 0 Å². The zero-order valence-corrected chi connectivity index (χ0v) is 32.7. The van der Waals surface area contributed by atoms with Crippen molar-refractivity contribution in [3.63, 3.8) is 0 Å². The summed E-state index contributed by atoms with van der Waals surface area (Å²) in [5, 5.41) is 23.2. The van der Waals surface area contributed by atoms with E-state index in [-0.39, 0.29) is 0 Å². The van der Waals surface area contributed by atoms with Crippen molar-refractivity contribution in [2.45, 2.75) is 101 Å². The van der Waals surface area contributed by atoms with Crippen LogP contribution in [0.25, 0.3) is 21.8 Å². The first-order valence-electron chi connectivity index (χ1n) is 18.9. The monoisotopic (exact) mass is 790 g/mol. The summed E-state index contributed by atoms with van der Waals surface area (Å²) in [5.74, 6) is 0.662. The van der Waals surface area contributed by atoms with Gasteiger partial charge in [-0.3, -0.25) is 4.98 Å². The maximum absolute atomic E-state index is 14.3. The third-order valence-electron chi connectivity index (χ3n) is 11.0. The number of aromatic nitrogens is 2. The molecule has 0 saturated heterocycles. The Hall–Kier alpha value is -4.87. The summed E-state index contributed by atoms with van der Waals surface area (Å²) in [6, 6.07) is 30.4. The van der Waals surface area contributed by atoms with Crippen molar-refractivity contribution in [2.75, 3.05) is 6.61 Å². The molecule has 0 radical (unpaired) electrons. The number of halogens is 6. The van der Waals surface area contributed by atoms with Crippen LogP contribution in [0.1, 0.15) is 74.0 Å². The number of aromatic amines is 1. The number of pyridine rings is 1. The highest BCUT2D eigenvalue weighted by molar-refractivity contribution is 5.82. The Morgan fingerprint density at radius 3 is 2.00 bits per heavy atom. The molecular weight excluding hydrogens is 743 g/mol. The topological polar surface area (TPSA) is 78.4 Å². The van der Waals surface area contributed by atoms with E-state index in [1.807, 2.05) is 43.3 Å². The number of hydrogen-bond donors (Lipinski definition) is 3. The molecule has 0 saturated carbocycles. The van der Waals surface area contributed by atoms with Crippen molar-refractivity contribution >= 4 is 21.8 Å². The Bertz CT molecular complexity index is 2290. The fourth-order valence-corrected chi connectivity index (χ4v) is 8.21. The molecule has 11 heteroatoms. The number of fused-ring (bicyclic) bond motifs is 3. The van der Waals surface area contributed by atoms with E-state index in [0.29, 0.717) is 40.1 Å². The van der Waals surface area contributed by atoms with Crippen molar-refractivity contribution in [2.24, 2.45) is 0 Å². The molecule has 5 nitrogen and oxygen atoms in total. The number of aliphatic hydroxyl groups is 2. The van der Waals surface area contributed by atoms with Crippen molar-refractivity contribution < 1.29 is 41.3 Å². The van der Waals surface area contributed by atoms with E-state index < -0.39 is 60.1 Å². The highest BCUT2D eigenvalue weighted by Gasteiger charge is 2.57. The lowest BCUT2D eigenvalue weighted by Gasteiger charge is -2.38. The number of rotatable bonds is 10. The average molecular weight is 791 g/mol. The maximum atomic E-state index is 14.3.